The van der Waals surface area contributed by atoms with Crippen molar-refractivity contribution in [1.29, 1.82) is 0 Å². The Labute approximate surface area is 80.1 Å². The second kappa shape index (κ2) is 3.16. The van der Waals surface area contributed by atoms with Gasteiger partial charge in [-0.1, -0.05) is 11.3 Å². The number of rotatable bonds is 1. The molecule has 4 atom stereocenters. The molecular weight excluding hydrogens is 186 g/mol. The molecule has 1 aromatic rings. The fourth-order valence-corrected chi connectivity index (χ4v) is 1.64. The zero-order valence-electron chi connectivity index (χ0n) is 7.35. The minimum Gasteiger partial charge on any atom is -0.388 e. The highest BCUT2D eigenvalue weighted by atomic mass is 16.4. The summed E-state index contributed by atoms with van der Waals surface area (Å²) in [6.07, 6.45) is -0.689. The lowest BCUT2D eigenvalue weighted by Crippen LogP contribution is -2.44. The standard InChI is InChI=1S/C8H11N3O3/c1-2-4-6(12)8(14)7(13)5-3-9-10-11(4)5/h2-4,6-8,12-14H,1H2/t4-,6-,7+,8+/m0/s1. The maximum atomic E-state index is 9.60. The summed E-state index contributed by atoms with van der Waals surface area (Å²) in [4.78, 5) is 0. The number of aliphatic hydroxyl groups is 3. The predicted molar refractivity (Wildman–Crippen MR) is 46.2 cm³/mol. The summed E-state index contributed by atoms with van der Waals surface area (Å²) in [5, 5.41) is 36.0. The quantitative estimate of drug-likeness (QED) is 0.490. The SMILES string of the molecule is C=C[C@H]1[C@H](O)[C@@H](O)[C@H](O)c2cnnn21. The van der Waals surface area contributed by atoms with E-state index in [0.717, 1.165) is 0 Å². The molecule has 1 aliphatic heterocycles. The summed E-state index contributed by atoms with van der Waals surface area (Å²) in [5.41, 5.74) is 0.382. The van der Waals surface area contributed by atoms with E-state index < -0.39 is 24.4 Å². The lowest BCUT2D eigenvalue weighted by molar-refractivity contribution is -0.0943. The highest BCUT2D eigenvalue weighted by molar-refractivity contribution is 5.12. The average Bonchev–Trinajstić information content (AvgIpc) is 2.64. The Hall–Kier alpha value is -1.24. The maximum Gasteiger partial charge on any atom is 0.126 e. The van der Waals surface area contributed by atoms with Crippen LogP contribution in [0.5, 0.6) is 0 Å². The normalized spacial score (nSPS) is 36.5. The van der Waals surface area contributed by atoms with Crippen LogP contribution in [0.15, 0.2) is 18.9 Å². The molecule has 0 aromatic carbocycles. The van der Waals surface area contributed by atoms with Gasteiger partial charge in [0.2, 0.25) is 0 Å². The molecule has 76 valence electrons. The van der Waals surface area contributed by atoms with E-state index in [1.54, 1.807) is 0 Å². The van der Waals surface area contributed by atoms with Gasteiger partial charge in [-0.05, 0) is 0 Å². The van der Waals surface area contributed by atoms with E-state index in [-0.39, 0.29) is 0 Å². The third kappa shape index (κ3) is 1.08. The molecule has 0 radical (unpaired) electrons. The fourth-order valence-electron chi connectivity index (χ4n) is 1.64. The molecule has 6 heteroatoms. The maximum absolute atomic E-state index is 9.60. The van der Waals surface area contributed by atoms with E-state index in [9.17, 15) is 15.3 Å². The summed E-state index contributed by atoms with van der Waals surface area (Å²) < 4.78 is 1.36. The van der Waals surface area contributed by atoms with Crippen molar-refractivity contribution < 1.29 is 15.3 Å². The molecule has 1 aromatic heterocycles. The smallest absolute Gasteiger partial charge is 0.126 e. The first kappa shape index (κ1) is 9.32. The molecular formula is C8H11N3O3. The van der Waals surface area contributed by atoms with E-state index in [4.69, 9.17) is 0 Å². The highest BCUT2D eigenvalue weighted by Gasteiger charge is 2.40. The van der Waals surface area contributed by atoms with E-state index in [2.05, 4.69) is 16.9 Å². The van der Waals surface area contributed by atoms with Crippen LogP contribution in [0.2, 0.25) is 0 Å². The topological polar surface area (TPSA) is 91.4 Å². The fraction of sp³-hybridized carbons (Fsp3) is 0.500. The van der Waals surface area contributed by atoms with Gasteiger partial charge in [0.15, 0.2) is 0 Å². The summed E-state index contributed by atoms with van der Waals surface area (Å²) >= 11 is 0. The Morgan fingerprint density at radius 1 is 1.36 bits per heavy atom. The molecule has 0 saturated carbocycles. The monoisotopic (exact) mass is 197 g/mol. The minimum atomic E-state index is -1.23. The third-order valence-electron chi connectivity index (χ3n) is 2.45. The molecule has 3 N–H and O–H groups in total. The van der Waals surface area contributed by atoms with E-state index in [1.807, 2.05) is 0 Å². The number of hydrogen-bond donors (Lipinski definition) is 3. The van der Waals surface area contributed by atoms with Crippen molar-refractivity contribution in [2.75, 3.05) is 0 Å². The first-order valence-electron chi connectivity index (χ1n) is 4.23. The Morgan fingerprint density at radius 3 is 2.71 bits per heavy atom. The van der Waals surface area contributed by atoms with Gasteiger partial charge >= 0.3 is 0 Å². The first-order valence-corrected chi connectivity index (χ1v) is 4.23. The molecule has 0 fully saturated rings. The van der Waals surface area contributed by atoms with Crippen LogP contribution in [0.25, 0.3) is 0 Å². The Balaban J connectivity index is 2.49. The lowest BCUT2D eigenvalue weighted by Gasteiger charge is -2.33. The van der Waals surface area contributed by atoms with Crippen LogP contribution < -0.4 is 0 Å². The van der Waals surface area contributed by atoms with Gasteiger partial charge in [-0.3, -0.25) is 0 Å². The second-order valence-electron chi connectivity index (χ2n) is 3.26. The van der Waals surface area contributed by atoms with Crippen molar-refractivity contribution in [3.8, 4) is 0 Å². The highest BCUT2D eigenvalue weighted by Crippen LogP contribution is 2.31. The number of fused-ring (bicyclic) bond motifs is 1. The van der Waals surface area contributed by atoms with Crippen LogP contribution >= 0.6 is 0 Å². The van der Waals surface area contributed by atoms with Crippen LogP contribution in [0.1, 0.15) is 17.8 Å². The van der Waals surface area contributed by atoms with Crippen molar-refractivity contribution in [2.45, 2.75) is 24.4 Å². The van der Waals surface area contributed by atoms with Crippen molar-refractivity contribution in [2.24, 2.45) is 0 Å². The Morgan fingerprint density at radius 2 is 2.07 bits per heavy atom. The summed E-state index contributed by atoms with van der Waals surface area (Å²) in [5.74, 6) is 0. The van der Waals surface area contributed by atoms with Gasteiger partial charge in [0.25, 0.3) is 0 Å². The molecule has 2 heterocycles. The number of hydrogen-bond acceptors (Lipinski definition) is 5. The van der Waals surface area contributed by atoms with Crippen LogP contribution in [0.4, 0.5) is 0 Å². The van der Waals surface area contributed by atoms with Gasteiger partial charge in [-0.25, -0.2) is 4.68 Å². The Kier molecular flexibility index (Phi) is 2.10. The van der Waals surface area contributed by atoms with E-state index in [1.165, 1.54) is 17.0 Å². The first-order chi connectivity index (χ1) is 6.66. The van der Waals surface area contributed by atoms with Crippen LogP contribution in [0.3, 0.4) is 0 Å². The number of aromatic nitrogens is 3. The van der Waals surface area contributed by atoms with Gasteiger partial charge in [-0.15, -0.1) is 11.7 Å². The average molecular weight is 197 g/mol. The zero-order chi connectivity index (χ0) is 10.3. The number of nitrogens with zero attached hydrogens (tertiary/aromatic N) is 3. The van der Waals surface area contributed by atoms with E-state index >= 15 is 0 Å². The van der Waals surface area contributed by atoms with Gasteiger partial charge in [0, 0.05) is 0 Å². The predicted octanol–water partition coefficient (Wildman–Crippen LogP) is -1.23. The molecule has 0 amide bonds. The van der Waals surface area contributed by atoms with Gasteiger partial charge < -0.3 is 15.3 Å². The largest absolute Gasteiger partial charge is 0.388 e. The van der Waals surface area contributed by atoms with Crippen molar-refractivity contribution >= 4 is 0 Å². The van der Waals surface area contributed by atoms with Crippen LogP contribution in [-0.4, -0.2) is 42.5 Å². The summed E-state index contributed by atoms with van der Waals surface area (Å²) in [6, 6.07) is -0.550. The summed E-state index contributed by atoms with van der Waals surface area (Å²) in [7, 11) is 0. The van der Waals surface area contributed by atoms with Crippen molar-refractivity contribution in [3.05, 3.63) is 24.5 Å². The van der Waals surface area contributed by atoms with Gasteiger partial charge in [-0.2, -0.15) is 0 Å². The van der Waals surface area contributed by atoms with Crippen LogP contribution in [-0.2, 0) is 0 Å². The third-order valence-corrected chi connectivity index (χ3v) is 2.45. The zero-order valence-corrected chi connectivity index (χ0v) is 7.35. The molecule has 6 nitrogen and oxygen atoms in total. The lowest BCUT2D eigenvalue weighted by atomic mass is 9.95. The van der Waals surface area contributed by atoms with Crippen molar-refractivity contribution in [1.82, 2.24) is 15.0 Å². The summed E-state index contributed by atoms with van der Waals surface area (Å²) in [6.45, 7) is 3.53. The molecule has 0 unspecified atom stereocenters. The molecule has 0 saturated heterocycles. The number of aliphatic hydroxyl groups excluding tert-OH is 3. The molecule has 2 rings (SSSR count). The molecule has 0 aliphatic carbocycles. The van der Waals surface area contributed by atoms with Gasteiger partial charge in [0.1, 0.15) is 24.4 Å². The van der Waals surface area contributed by atoms with E-state index in [0.29, 0.717) is 5.69 Å². The molecule has 14 heavy (non-hydrogen) atoms. The molecule has 0 spiro atoms. The Bertz CT molecular complexity index is 351. The minimum absolute atomic E-state index is 0.382. The van der Waals surface area contributed by atoms with Crippen molar-refractivity contribution in [3.63, 3.8) is 0 Å². The molecule has 1 aliphatic rings. The van der Waals surface area contributed by atoms with Crippen LogP contribution in [0, 0.1) is 0 Å². The molecule has 0 bridgehead atoms. The van der Waals surface area contributed by atoms with Gasteiger partial charge in [0.05, 0.1) is 11.9 Å². The second-order valence-corrected chi connectivity index (χ2v) is 3.26.